The van der Waals surface area contributed by atoms with E-state index in [2.05, 4.69) is 9.88 Å². The van der Waals surface area contributed by atoms with Crippen molar-refractivity contribution < 1.29 is 9.18 Å². The number of anilines is 1. The Morgan fingerprint density at radius 3 is 2.46 bits per heavy atom. The number of amides is 1. The summed E-state index contributed by atoms with van der Waals surface area (Å²) in [5.74, 6) is -0.454. The third kappa shape index (κ3) is 4.92. The third-order valence-electron chi connectivity index (χ3n) is 5.82. The smallest absolute Gasteiger partial charge is 0.260 e. The summed E-state index contributed by atoms with van der Waals surface area (Å²) in [5.41, 5.74) is 3.71. The maximum absolute atomic E-state index is 14.1. The van der Waals surface area contributed by atoms with Crippen LogP contribution in [0.5, 0.6) is 0 Å². The van der Waals surface area contributed by atoms with Crippen molar-refractivity contribution in [3.63, 3.8) is 0 Å². The Bertz CT molecular complexity index is 1500. The zero-order valence-electron chi connectivity index (χ0n) is 19.6. The summed E-state index contributed by atoms with van der Waals surface area (Å²) in [6.45, 7) is 1.33. The standard InChI is InChI=1S/C28H25FN4OS/c1-32(2)15-8-16-33(28-31-24-14-13-20(29)17-26(24)35-28)27(34)22-18-25(19-9-4-3-5-10-19)30-23-12-7-6-11-21(22)23/h3-7,9-14,17-18H,8,15-16H2,1-2H3. The van der Waals surface area contributed by atoms with Crippen LogP contribution >= 0.6 is 11.3 Å². The highest BCUT2D eigenvalue weighted by Crippen LogP contribution is 2.32. The number of fused-ring (bicyclic) bond motifs is 2. The van der Waals surface area contributed by atoms with E-state index in [0.29, 0.717) is 22.8 Å². The third-order valence-corrected chi connectivity index (χ3v) is 6.86. The van der Waals surface area contributed by atoms with Gasteiger partial charge in [0.2, 0.25) is 0 Å². The number of hydrogen-bond acceptors (Lipinski definition) is 5. The molecular weight excluding hydrogens is 459 g/mol. The first-order valence-corrected chi connectivity index (χ1v) is 12.3. The minimum absolute atomic E-state index is 0.140. The van der Waals surface area contributed by atoms with E-state index in [1.807, 2.05) is 74.8 Å². The van der Waals surface area contributed by atoms with E-state index in [1.54, 1.807) is 11.0 Å². The Morgan fingerprint density at radius 1 is 0.886 bits per heavy atom. The van der Waals surface area contributed by atoms with Gasteiger partial charge in [-0.3, -0.25) is 9.69 Å². The van der Waals surface area contributed by atoms with Gasteiger partial charge in [-0.25, -0.2) is 14.4 Å². The highest BCUT2D eigenvalue weighted by molar-refractivity contribution is 7.22. The van der Waals surface area contributed by atoms with E-state index in [1.165, 1.54) is 23.5 Å². The number of nitrogens with zero attached hydrogens (tertiary/aromatic N) is 4. The predicted molar refractivity (Wildman–Crippen MR) is 142 cm³/mol. The molecule has 0 aliphatic heterocycles. The number of thiazole rings is 1. The fourth-order valence-electron chi connectivity index (χ4n) is 4.09. The van der Waals surface area contributed by atoms with Gasteiger partial charge in [0.1, 0.15) is 5.82 Å². The van der Waals surface area contributed by atoms with Gasteiger partial charge in [0, 0.05) is 17.5 Å². The molecule has 0 spiro atoms. The van der Waals surface area contributed by atoms with Crippen LogP contribution in [0.3, 0.4) is 0 Å². The molecule has 7 heteroatoms. The second-order valence-corrected chi connectivity index (χ2v) is 9.67. The zero-order valence-corrected chi connectivity index (χ0v) is 20.4. The number of para-hydroxylation sites is 1. The van der Waals surface area contributed by atoms with Crippen molar-refractivity contribution in [2.75, 3.05) is 32.1 Å². The molecule has 0 aliphatic carbocycles. The quantitative estimate of drug-likeness (QED) is 0.274. The summed E-state index contributed by atoms with van der Waals surface area (Å²) in [7, 11) is 4.02. The fourth-order valence-corrected chi connectivity index (χ4v) is 5.10. The number of halogens is 1. The number of hydrogen-bond donors (Lipinski definition) is 0. The fraction of sp³-hybridized carbons (Fsp3) is 0.179. The van der Waals surface area contributed by atoms with Gasteiger partial charge in [0.15, 0.2) is 5.13 Å². The predicted octanol–water partition coefficient (Wildman–Crippen LogP) is 6.25. The highest BCUT2D eigenvalue weighted by atomic mass is 32.1. The lowest BCUT2D eigenvalue weighted by atomic mass is 10.0. The molecule has 0 atom stereocenters. The SMILES string of the molecule is CN(C)CCCN(C(=O)c1cc(-c2ccccc2)nc2ccccc12)c1nc2ccc(F)cc2s1. The maximum Gasteiger partial charge on any atom is 0.260 e. The Balaban J connectivity index is 1.62. The molecule has 0 saturated carbocycles. The molecule has 35 heavy (non-hydrogen) atoms. The Hall–Kier alpha value is -3.68. The van der Waals surface area contributed by atoms with Crippen molar-refractivity contribution in [3.8, 4) is 11.3 Å². The van der Waals surface area contributed by atoms with Gasteiger partial charge in [-0.2, -0.15) is 0 Å². The number of pyridine rings is 1. The minimum atomic E-state index is -0.314. The molecule has 3 aromatic carbocycles. The molecule has 0 N–H and O–H groups in total. The van der Waals surface area contributed by atoms with Gasteiger partial charge in [0.05, 0.1) is 27.0 Å². The first kappa shape index (κ1) is 23.1. The Labute approximate surface area is 207 Å². The molecule has 0 saturated heterocycles. The summed E-state index contributed by atoms with van der Waals surface area (Å²) in [6.07, 6.45) is 0.775. The monoisotopic (exact) mass is 484 g/mol. The zero-order chi connectivity index (χ0) is 24.4. The molecular formula is C28H25FN4OS. The largest absolute Gasteiger partial charge is 0.309 e. The van der Waals surface area contributed by atoms with Crippen molar-refractivity contribution in [2.45, 2.75) is 6.42 Å². The van der Waals surface area contributed by atoms with Gasteiger partial charge >= 0.3 is 0 Å². The number of aromatic nitrogens is 2. The molecule has 0 bridgehead atoms. The van der Waals surface area contributed by atoms with Crippen LogP contribution in [0.2, 0.25) is 0 Å². The minimum Gasteiger partial charge on any atom is -0.309 e. The number of benzene rings is 3. The van der Waals surface area contributed by atoms with E-state index in [-0.39, 0.29) is 11.7 Å². The van der Waals surface area contributed by atoms with Crippen LogP contribution in [0.25, 0.3) is 32.4 Å². The Morgan fingerprint density at radius 2 is 1.66 bits per heavy atom. The molecule has 0 unspecified atom stereocenters. The van der Waals surface area contributed by atoms with Gasteiger partial charge in [-0.05, 0) is 57.4 Å². The molecule has 5 nitrogen and oxygen atoms in total. The molecule has 2 heterocycles. The molecule has 2 aromatic heterocycles. The summed E-state index contributed by atoms with van der Waals surface area (Å²) in [6, 6.07) is 23.9. The first-order chi connectivity index (χ1) is 17.0. The average Bonchev–Trinajstić information content (AvgIpc) is 3.28. The highest BCUT2D eigenvalue weighted by Gasteiger charge is 2.24. The summed E-state index contributed by atoms with van der Waals surface area (Å²) in [4.78, 5) is 27.5. The lowest BCUT2D eigenvalue weighted by Crippen LogP contribution is -2.33. The molecule has 0 fully saturated rings. The molecule has 5 aromatic rings. The van der Waals surface area contributed by atoms with Crippen molar-refractivity contribution >= 4 is 43.5 Å². The summed E-state index contributed by atoms with van der Waals surface area (Å²) >= 11 is 1.33. The van der Waals surface area contributed by atoms with Crippen LogP contribution in [0, 0.1) is 5.82 Å². The van der Waals surface area contributed by atoms with E-state index >= 15 is 0 Å². The lowest BCUT2D eigenvalue weighted by Gasteiger charge is -2.22. The van der Waals surface area contributed by atoms with Crippen LogP contribution in [-0.4, -0.2) is 48.0 Å². The maximum atomic E-state index is 14.1. The normalized spacial score (nSPS) is 11.4. The van der Waals surface area contributed by atoms with E-state index in [0.717, 1.165) is 39.8 Å². The van der Waals surface area contributed by atoms with Crippen LogP contribution in [-0.2, 0) is 0 Å². The van der Waals surface area contributed by atoms with Gasteiger partial charge in [-0.15, -0.1) is 0 Å². The molecule has 176 valence electrons. The first-order valence-electron chi connectivity index (χ1n) is 11.5. The Kier molecular flexibility index (Phi) is 6.53. The van der Waals surface area contributed by atoms with Gasteiger partial charge < -0.3 is 4.90 Å². The van der Waals surface area contributed by atoms with Crippen molar-refractivity contribution in [1.29, 1.82) is 0 Å². The lowest BCUT2D eigenvalue weighted by molar-refractivity contribution is 0.0987. The van der Waals surface area contributed by atoms with E-state index in [9.17, 15) is 9.18 Å². The van der Waals surface area contributed by atoms with Crippen molar-refractivity contribution in [2.24, 2.45) is 0 Å². The molecule has 1 amide bonds. The van der Waals surface area contributed by atoms with Gasteiger partial charge in [0.25, 0.3) is 5.91 Å². The van der Waals surface area contributed by atoms with Crippen LogP contribution in [0.4, 0.5) is 9.52 Å². The van der Waals surface area contributed by atoms with Crippen molar-refractivity contribution in [3.05, 3.63) is 90.2 Å². The van der Waals surface area contributed by atoms with Crippen molar-refractivity contribution in [1.82, 2.24) is 14.9 Å². The topological polar surface area (TPSA) is 49.3 Å². The number of carbonyl (C=O) groups excluding carboxylic acids is 1. The number of carbonyl (C=O) groups is 1. The van der Waals surface area contributed by atoms with Crippen LogP contribution in [0.1, 0.15) is 16.8 Å². The molecule has 0 aliphatic rings. The summed E-state index contributed by atoms with van der Waals surface area (Å²) < 4.78 is 14.5. The molecule has 5 rings (SSSR count). The second-order valence-electron chi connectivity index (χ2n) is 8.66. The van der Waals surface area contributed by atoms with Crippen LogP contribution in [0.15, 0.2) is 78.9 Å². The number of rotatable bonds is 7. The van der Waals surface area contributed by atoms with Crippen LogP contribution < -0.4 is 4.90 Å². The van der Waals surface area contributed by atoms with E-state index in [4.69, 9.17) is 4.98 Å². The summed E-state index contributed by atoms with van der Waals surface area (Å²) in [5, 5.41) is 1.36. The van der Waals surface area contributed by atoms with E-state index < -0.39 is 0 Å². The molecule has 0 radical (unpaired) electrons. The second kappa shape index (κ2) is 9.90. The average molecular weight is 485 g/mol. The van der Waals surface area contributed by atoms with Gasteiger partial charge in [-0.1, -0.05) is 59.9 Å².